The highest BCUT2D eigenvalue weighted by Crippen LogP contribution is 2.04. The Labute approximate surface area is 109 Å². The molecule has 0 aliphatic carbocycles. The molecule has 0 radical (unpaired) electrons. The number of carbonyl (C=O) groups is 1. The second-order valence-corrected chi connectivity index (χ2v) is 4.40. The molecule has 2 heterocycles. The summed E-state index contributed by atoms with van der Waals surface area (Å²) in [5.74, 6) is -1.17. The number of carboxylic acid groups (broad SMARTS) is 1. The maximum absolute atomic E-state index is 11.6. The average molecular weight is 262 g/mol. The summed E-state index contributed by atoms with van der Waals surface area (Å²) >= 11 is 0. The van der Waals surface area contributed by atoms with Gasteiger partial charge in [0.25, 0.3) is 5.56 Å². The molecule has 7 heteroatoms. The molecule has 1 N–H and O–H groups in total. The second kappa shape index (κ2) is 5.05. The first-order valence-corrected chi connectivity index (χ1v) is 5.83. The van der Waals surface area contributed by atoms with E-state index in [1.807, 2.05) is 20.0 Å². The van der Waals surface area contributed by atoms with E-state index in [-0.39, 0.29) is 23.8 Å². The van der Waals surface area contributed by atoms with Gasteiger partial charge in [-0.15, -0.1) is 0 Å². The maximum Gasteiger partial charge on any atom is 0.356 e. The molecule has 0 bridgehead atoms. The number of rotatable bonds is 4. The molecule has 7 nitrogen and oxygen atoms in total. The van der Waals surface area contributed by atoms with Crippen molar-refractivity contribution in [1.29, 1.82) is 0 Å². The van der Waals surface area contributed by atoms with E-state index in [0.717, 1.165) is 4.68 Å². The van der Waals surface area contributed by atoms with E-state index in [9.17, 15) is 9.59 Å². The molecule has 0 atom stereocenters. The van der Waals surface area contributed by atoms with Gasteiger partial charge < -0.3 is 5.11 Å². The number of carboxylic acids is 1. The van der Waals surface area contributed by atoms with Crippen LogP contribution in [0, 0.1) is 0 Å². The van der Waals surface area contributed by atoms with E-state index in [4.69, 9.17) is 5.11 Å². The number of hydrogen-bond donors (Lipinski definition) is 1. The molecule has 0 spiro atoms. The van der Waals surface area contributed by atoms with E-state index >= 15 is 0 Å². The third-order valence-corrected chi connectivity index (χ3v) is 2.59. The van der Waals surface area contributed by atoms with Crippen molar-refractivity contribution in [3.05, 3.63) is 46.1 Å². The van der Waals surface area contributed by atoms with Crippen molar-refractivity contribution < 1.29 is 9.90 Å². The zero-order chi connectivity index (χ0) is 14.0. The molecular formula is C12H14N4O3. The molecule has 0 saturated heterocycles. The van der Waals surface area contributed by atoms with Crippen molar-refractivity contribution in [2.24, 2.45) is 0 Å². The smallest absolute Gasteiger partial charge is 0.356 e. The lowest BCUT2D eigenvalue weighted by Crippen LogP contribution is -2.25. The summed E-state index contributed by atoms with van der Waals surface area (Å²) in [6.07, 6.45) is 1.81. The monoisotopic (exact) mass is 262 g/mol. The number of aromatic nitrogens is 4. The fourth-order valence-corrected chi connectivity index (χ4v) is 1.58. The van der Waals surface area contributed by atoms with Gasteiger partial charge in [0, 0.05) is 18.3 Å². The van der Waals surface area contributed by atoms with Crippen LogP contribution in [0.2, 0.25) is 0 Å². The molecule has 0 aliphatic heterocycles. The Balaban J connectivity index is 2.29. The average Bonchev–Trinajstić information content (AvgIpc) is 2.80. The number of aromatic carboxylic acids is 1. The molecule has 0 amide bonds. The molecule has 19 heavy (non-hydrogen) atoms. The van der Waals surface area contributed by atoms with Crippen LogP contribution in [0.4, 0.5) is 0 Å². The van der Waals surface area contributed by atoms with E-state index in [0.29, 0.717) is 5.69 Å². The third kappa shape index (κ3) is 2.87. The van der Waals surface area contributed by atoms with E-state index < -0.39 is 5.97 Å². The minimum Gasteiger partial charge on any atom is -0.476 e. The summed E-state index contributed by atoms with van der Waals surface area (Å²) in [6.45, 7) is 4.14. The highest BCUT2D eigenvalue weighted by molar-refractivity contribution is 5.84. The largest absolute Gasteiger partial charge is 0.476 e. The fourth-order valence-electron chi connectivity index (χ4n) is 1.58. The van der Waals surface area contributed by atoms with Gasteiger partial charge in [0.05, 0.1) is 12.2 Å². The van der Waals surface area contributed by atoms with E-state index in [2.05, 4.69) is 10.2 Å². The molecule has 0 fully saturated rings. The SMILES string of the molecule is CC(C)n1ccc(Cn2nc(C(=O)O)ccc2=O)n1. The van der Waals surface area contributed by atoms with Gasteiger partial charge in [0.1, 0.15) is 0 Å². The van der Waals surface area contributed by atoms with Gasteiger partial charge in [-0.1, -0.05) is 0 Å². The zero-order valence-electron chi connectivity index (χ0n) is 10.6. The molecule has 2 aromatic rings. The van der Waals surface area contributed by atoms with Crippen LogP contribution < -0.4 is 5.56 Å². The van der Waals surface area contributed by atoms with Crippen molar-refractivity contribution in [3.8, 4) is 0 Å². The first-order valence-electron chi connectivity index (χ1n) is 5.83. The molecule has 0 unspecified atom stereocenters. The molecule has 0 aromatic carbocycles. The highest BCUT2D eigenvalue weighted by Gasteiger charge is 2.09. The second-order valence-electron chi connectivity index (χ2n) is 4.40. The normalized spacial score (nSPS) is 10.9. The third-order valence-electron chi connectivity index (χ3n) is 2.59. The Bertz CT molecular complexity index is 657. The quantitative estimate of drug-likeness (QED) is 0.878. The van der Waals surface area contributed by atoms with E-state index in [1.165, 1.54) is 12.1 Å². The van der Waals surface area contributed by atoms with E-state index in [1.54, 1.807) is 10.7 Å². The lowest BCUT2D eigenvalue weighted by Gasteiger charge is -2.05. The molecular weight excluding hydrogens is 248 g/mol. The first-order chi connectivity index (χ1) is 8.97. The first kappa shape index (κ1) is 13.0. The van der Waals surface area contributed by atoms with Crippen LogP contribution in [0.3, 0.4) is 0 Å². The van der Waals surface area contributed by atoms with Crippen molar-refractivity contribution in [3.63, 3.8) is 0 Å². The molecule has 0 saturated carbocycles. The van der Waals surface area contributed by atoms with Gasteiger partial charge >= 0.3 is 5.97 Å². The van der Waals surface area contributed by atoms with Crippen LogP contribution in [0.1, 0.15) is 36.1 Å². The summed E-state index contributed by atoms with van der Waals surface area (Å²) in [5.41, 5.74) is 0.137. The Morgan fingerprint density at radius 3 is 2.63 bits per heavy atom. The van der Waals surface area contributed by atoms with Crippen LogP contribution in [-0.4, -0.2) is 30.6 Å². The van der Waals surface area contributed by atoms with Crippen LogP contribution in [-0.2, 0) is 6.54 Å². The predicted octanol–water partition coefficient (Wildman–Crippen LogP) is 0.767. The van der Waals surface area contributed by atoms with Crippen molar-refractivity contribution in [2.45, 2.75) is 26.4 Å². The number of nitrogens with zero attached hydrogens (tertiary/aromatic N) is 4. The zero-order valence-corrected chi connectivity index (χ0v) is 10.6. The summed E-state index contributed by atoms with van der Waals surface area (Å²) in [7, 11) is 0. The lowest BCUT2D eigenvalue weighted by atomic mass is 10.4. The summed E-state index contributed by atoms with van der Waals surface area (Å²) < 4.78 is 2.86. The molecule has 0 aliphatic rings. The Morgan fingerprint density at radius 2 is 2.05 bits per heavy atom. The van der Waals surface area contributed by atoms with Gasteiger partial charge in [-0.3, -0.25) is 9.48 Å². The predicted molar refractivity (Wildman–Crippen MR) is 67.2 cm³/mol. The Morgan fingerprint density at radius 1 is 1.32 bits per heavy atom. The summed E-state index contributed by atoms with van der Waals surface area (Å²) in [6, 6.07) is 4.38. The Hall–Kier alpha value is -2.44. The van der Waals surface area contributed by atoms with Crippen molar-refractivity contribution in [1.82, 2.24) is 19.6 Å². The van der Waals surface area contributed by atoms with Crippen LogP contribution in [0.15, 0.2) is 29.2 Å². The maximum atomic E-state index is 11.6. The molecule has 100 valence electrons. The number of hydrogen-bond acceptors (Lipinski definition) is 4. The van der Waals surface area contributed by atoms with Crippen molar-refractivity contribution >= 4 is 5.97 Å². The summed E-state index contributed by atoms with van der Waals surface area (Å²) in [5, 5.41) is 16.9. The van der Waals surface area contributed by atoms with Crippen LogP contribution in [0.25, 0.3) is 0 Å². The van der Waals surface area contributed by atoms with Crippen LogP contribution in [0.5, 0.6) is 0 Å². The standard InChI is InChI=1S/C12H14N4O3/c1-8(2)15-6-5-9(13-15)7-16-11(17)4-3-10(14-16)12(18)19/h3-6,8H,7H2,1-2H3,(H,18,19). The minimum atomic E-state index is -1.17. The van der Waals surface area contributed by atoms with Gasteiger partial charge in [-0.05, 0) is 26.0 Å². The van der Waals surface area contributed by atoms with Gasteiger partial charge in [-0.2, -0.15) is 10.2 Å². The lowest BCUT2D eigenvalue weighted by molar-refractivity contribution is 0.0687. The van der Waals surface area contributed by atoms with Crippen LogP contribution >= 0.6 is 0 Å². The Kier molecular flexibility index (Phi) is 3.46. The molecule has 2 rings (SSSR count). The fraction of sp³-hybridized carbons (Fsp3) is 0.333. The van der Waals surface area contributed by atoms with Gasteiger partial charge in [-0.25, -0.2) is 9.48 Å². The van der Waals surface area contributed by atoms with Gasteiger partial charge in [0.2, 0.25) is 0 Å². The minimum absolute atomic E-state index is 0.152. The highest BCUT2D eigenvalue weighted by atomic mass is 16.4. The van der Waals surface area contributed by atoms with Crippen molar-refractivity contribution in [2.75, 3.05) is 0 Å². The van der Waals surface area contributed by atoms with Gasteiger partial charge in [0.15, 0.2) is 5.69 Å². The summed E-state index contributed by atoms with van der Waals surface area (Å²) in [4.78, 5) is 22.4. The topological polar surface area (TPSA) is 90.0 Å². The molecule has 2 aromatic heterocycles.